The monoisotopic (exact) mass is 393 g/mol. The zero-order valence-corrected chi connectivity index (χ0v) is 16.4. The third-order valence-corrected chi connectivity index (χ3v) is 4.79. The van der Waals surface area contributed by atoms with Crippen LogP contribution in [0.25, 0.3) is 10.9 Å². The van der Waals surface area contributed by atoms with Crippen molar-refractivity contribution in [3.05, 3.63) is 64.2 Å². The lowest BCUT2D eigenvalue weighted by Gasteiger charge is -2.12. The fourth-order valence-electron chi connectivity index (χ4n) is 2.79. The Bertz CT molecular complexity index is 1070. The summed E-state index contributed by atoms with van der Waals surface area (Å²) in [4.78, 5) is 16.6. The molecule has 0 radical (unpaired) electrons. The molecule has 3 aromatic rings. The number of benzene rings is 2. The van der Waals surface area contributed by atoms with Gasteiger partial charge >= 0.3 is 6.03 Å². The molecule has 1 heterocycles. The van der Waals surface area contributed by atoms with Gasteiger partial charge in [-0.05, 0) is 43.2 Å². The third kappa shape index (κ3) is 4.33. The van der Waals surface area contributed by atoms with Crippen LogP contribution in [-0.2, 0) is 0 Å². The molecule has 28 heavy (non-hydrogen) atoms. The topological polar surface area (TPSA) is 89.8 Å². The van der Waals surface area contributed by atoms with Gasteiger partial charge in [0.15, 0.2) is 0 Å². The van der Waals surface area contributed by atoms with E-state index in [-0.39, 0.29) is 6.03 Å². The fraction of sp³-hybridized carbons (Fsp3) is 0.190. The van der Waals surface area contributed by atoms with Crippen LogP contribution in [0.3, 0.4) is 0 Å². The van der Waals surface area contributed by atoms with Crippen molar-refractivity contribution in [3.8, 4) is 6.07 Å². The minimum absolute atomic E-state index is 0.353. The molecule has 0 fully saturated rings. The number of amides is 2. The van der Waals surface area contributed by atoms with Crippen molar-refractivity contribution < 1.29 is 4.79 Å². The predicted octanol–water partition coefficient (Wildman–Crippen LogP) is 4.61. The van der Waals surface area contributed by atoms with Crippen LogP contribution in [0, 0.1) is 25.2 Å². The van der Waals surface area contributed by atoms with E-state index in [0.717, 1.165) is 22.0 Å². The summed E-state index contributed by atoms with van der Waals surface area (Å²) >= 11 is 6.02. The number of fused-ring (bicyclic) bond motifs is 1. The number of pyridine rings is 1. The van der Waals surface area contributed by atoms with E-state index in [0.29, 0.717) is 35.2 Å². The van der Waals surface area contributed by atoms with Crippen molar-refractivity contribution in [3.63, 3.8) is 0 Å². The Morgan fingerprint density at radius 2 is 1.96 bits per heavy atom. The van der Waals surface area contributed by atoms with Gasteiger partial charge in [-0.2, -0.15) is 5.26 Å². The van der Waals surface area contributed by atoms with Crippen LogP contribution in [0.5, 0.6) is 0 Å². The molecule has 6 nitrogen and oxygen atoms in total. The summed E-state index contributed by atoms with van der Waals surface area (Å²) in [6, 6.07) is 14.7. The number of anilines is 2. The highest BCUT2D eigenvalue weighted by atomic mass is 35.5. The van der Waals surface area contributed by atoms with Gasteiger partial charge in [0.05, 0.1) is 21.8 Å². The molecule has 0 atom stereocenters. The first-order valence-electron chi connectivity index (χ1n) is 8.84. The van der Waals surface area contributed by atoms with Gasteiger partial charge in [-0.1, -0.05) is 35.9 Å². The van der Waals surface area contributed by atoms with Gasteiger partial charge in [-0.15, -0.1) is 0 Å². The summed E-state index contributed by atoms with van der Waals surface area (Å²) in [7, 11) is 0. The van der Waals surface area contributed by atoms with Crippen molar-refractivity contribution in [2.75, 3.05) is 23.7 Å². The number of aromatic nitrogens is 1. The number of hydrogen-bond acceptors (Lipinski definition) is 4. The van der Waals surface area contributed by atoms with Gasteiger partial charge in [-0.25, -0.2) is 9.78 Å². The van der Waals surface area contributed by atoms with E-state index in [1.54, 1.807) is 24.3 Å². The Labute approximate surface area is 168 Å². The van der Waals surface area contributed by atoms with Gasteiger partial charge in [-0.3, -0.25) is 0 Å². The van der Waals surface area contributed by atoms with E-state index in [4.69, 9.17) is 11.6 Å². The molecule has 142 valence electrons. The Balaban J connectivity index is 1.62. The summed E-state index contributed by atoms with van der Waals surface area (Å²) in [5.74, 6) is 0.511. The predicted molar refractivity (Wildman–Crippen MR) is 113 cm³/mol. The van der Waals surface area contributed by atoms with E-state index >= 15 is 0 Å². The lowest BCUT2D eigenvalue weighted by Crippen LogP contribution is -2.32. The Morgan fingerprint density at radius 1 is 1.18 bits per heavy atom. The minimum atomic E-state index is -0.353. The van der Waals surface area contributed by atoms with Crippen molar-refractivity contribution in [1.29, 1.82) is 5.26 Å². The summed E-state index contributed by atoms with van der Waals surface area (Å²) in [6.07, 6.45) is 0. The number of halogens is 1. The summed E-state index contributed by atoms with van der Waals surface area (Å²) in [5, 5.41) is 19.4. The number of urea groups is 1. The van der Waals surface area contributed by atoms with Gasteiger partial charge in [0.2, 0.25) is 0 Å². The average molecular weight is 394 g/mol. The Hall–Kier alpha value is -3.30. The van der Waals surface area contributed by atoms with E-state index in [1.165, 1.54) is 0 Å². The van der Waals surface area contributed by atoms with Crippen LogP contribution in [0.2, 0.25) is 5.02 Å². The van der Waals surface area contributed by atoms with Crippen LogP contribution in [0.4, 0.5) is 16.3 Å². The molecule has 0 unspecified atom stereocenters. The first kappa shape index (κ1) is 19.5. The molecule has 0 aliphatic carbocycles. The molecule has 0 aliphatic heterocycles. The highest BCUT2D eigenvalue weighted by Crippen LogP contribution is 2.24. The fourth-order valence-corrected chi connectivity index (χ4v) is 2.97. The molecule has 3 N–H and O–H groups in total. The standard InChI is InChI=1S/C21H20ClN5O/c1-13-7-8-15-11-16(12-23)20(27-19(15)14(13)2)24-9-10-25-21(28)26-18-6-4-3-5-17(18)22/h3-8,11H,9-10H2,1-2H3,(H,24,27)(H2,25,26,28). The number of nitriles is 1. The second kappa shape index (κ2) is 8.59. The second-order valence-electron chi connectivity index (χ2n) is 6.36. The Morgan fingerprint density at radius 3 is 2.71 bits per heavy atom. The maximum absolute atomic E-state index is 12.0. The summed E-state index contributed by atoms with van der Waals surface area (Å²) in [6.45, 7) is 4.83. The normalized spacial score (nSPS) is 10.4. The number of carbonyl (C=O) groups excluding carboxylic acids is 1. The lowest BCUT2D eigenvalue weighted by molar-refractivity contribution is 0.252. The van der Waals surface area contributed by atoms with Gasteiger partial charge in [0, 0.05) is 18.5 Å². The number of nitrogens with zero attached hydrogens (tertiary/aromatic N) is 2. The van der Waals surface area contributed by atoms with Crippen LogP contribution in [0.1, 0.15) is 16.7 Å². The molecule has 2 aromatic carbocycles. The molecule has 7 heteroatoms. The average Bonchev–Trinajstić information content (AvgIpc) is 2.69. The molecule has 0 bridgehead atoms. The maximum Gasteiger partial charge on any atom is 0.319 e. The van der Waals surface area contributed by atoms with Crippen LogP contribution in [0.15, 0.2) is 42.5 Å². The molecular formula is C21H20ClN5O. The van der Waals surface area contributed by atoms with E-state index in [9.17, 15) is 10.1 Å². The molecular weight excluding hydrogens is 374 g/mol. The molecule has 1 aromatic heterocycles. The highest BCUT2D eigenvalue weighted by molar-refractivity contribution is 6.33. The smallest absolute Gasteiger partial charge is 0.319 e. The number of aryl methyl sites for hydroxylation is 2. The summed E-state index contributed by atoms with van der Waals surface area (Å²) < 4.78 is 0. The molecule has 0 saturated carbocycles. The minimum Gasteiger partial charge on any atom is -0.367 e. The van der Waals surface area contributed by atoms with Crippen molar-refractivity contribution in [2.24, 2.45) is 0 Å². The highest BCUT2D eigenvalue weighted by Gasteiger charge is 2.10. The van der Waals surface area contributed by atoms with Crippen molar-refractivity contribution in [1.82, 2.24) is 10.3 Å². The SMILES string of the molecule is Cc1ccc2cc(C#N)c(NCCNC(=O)Nc3ccccc3Cl)nc2c1C. The largest absolute Gasteiger partial charge is 0.367 e. The van der Waals surface area contributed by atoms with Gasteiger partial charge < -0.3 is 16.0 Å². The molecule has 2 amide bonds. The van der Waals surface area contributed by atoms with Gasteiger partial charge in [0.1, 0.15) is 11.9 Å². The molecule has 0 saturated heterocycles. The number of carbonyl (C=O) groups is 1. The summed E-state index contributed by atoms with van der Waals surface area (Å²) in [5.41, 5.74) is 4.11. The number of para-hydroxylation sites is 1. The van der Waals surface area contributed by atoms with Crippen LogP contribution < -0.4 is 16.0 Å². The first-order valence-corrected chi connectivity index (χ1v) is 9.21. The Kier molecular flexibility index (Phi) is 5.97. The zero-order chi connectivity index (χ0) is 20.1. The maximum atomic E-state index is 12.0. The molecule has 0 aliphatic rings. The number of hydrogen-bond donors (Lipinski definition) is 3. The van der Waals surface area contributed by atoms with E-state index < -0.39 is 0 Å². The van der Waals surface area contributed by atoms with E-state index in [1.807, 2.05) is 32.0 Å². The zero-order valence-electron chi connectivity index (χ0n) is 15.6. The number of rotatable bonds is 5. The second-order valence-corrected chi connectivity index (χ2v) is 6.77. The molecule has 3 rings (SSSR count). The van der Waals surface area contributed by atoms with Gasteiger partial charge in [0.25, 0.3) is 0 Å². The number of nitrogens with one attached hydrogen (secondary N) is 3. The lowest BCUT2D eigenvalue weighted by atomic mass is 10.0. The quantitative estimate of drug-likeness (QED) is 0.552. The van der Waals surface area contributed by atoms with E-state index in [2.05, 4.69) is 27.0 Å². The first-order chi connectivity index (χ1) is 13.5. The van der Waals surface area contributed by atoms with Crippen molar-refractivity contribution in [2.45, 2.75) is 13.8 Å². The molecule has 0 spiro atoms. The van der Waals surface area contributed by atoms with Crippen LogP contribution in [-0.4, -0.2) is 24.1 Å². The third-order valence-electron chi connectivity index (χ3n) is 4.46. The van der Waals surface area contributed by atoms with Crippen molar-refractivity contribution >= 4 is 40.0 Å². The van der Waals surface area contributed by atoms with Crippen LogP contribution >= 0.6 is 11.6 Å².